The van der Waals surface area contributed by atoms with Crippen LogP contribution in [0, 0.1) is 0 Å². The van der Waals surface area contributed by atoms with Crippen molar-refractivity contribution in [3.05, 3.63) is 40.5 Å². The Morgan fingerprint density at radius 3 is 2.95 bits per heavy atom. The van der Waals surface area contributed by atoms with Gasteiger partial charge in [0.05, 0.1) is 24.3 Å². The van der Waals surface area contributed by atoms with E-state index in [1.54, 1.807) is 12.3 Å². The topological polar surface area (TPSA) is 60.5 Å². The molecular weight excluding hydrogens is 348 g/mol. The van der Waals surface area contributed by atoms with Gasteiger partial charge in [-0.15, -0.1) is 0 Å². The van der Waals surface area contributed by atoms with Gasteiger partial charge in [0.15, 0.2) is 0 Å². The van der Waals surface area contributed by atoms with Gasteiger partial charge in [0.1, 0.15) is 0 Å². The van der Waals surface area contributed by atoms with Crippen molar-refractivity contribution in [2.75, 3.05) is 33.4 Å². The second-order valence-corrected chi connectivity index (χ2v) is 5.68. The fourth-order valence-electron chi connectivity index (χ4n) is 1.89. The summed E-state index contributed by atoms with van der Waals surface area (Å²) in [6.45, 7) is 2.41. The lowest BCUT2D eigenvalue weighted by atomic mass is 10.1. The third kappa shape index (κ3) is 5.05. The molecule has 22 heavy (non-hydrogen) atoms. The zero-order valence-corrected chi connectivity index (χ0v) is 14.1. The maximum absolute atomic E-state index is 12.0. The molecule has 0 spiro atoms. The molecule has 5 nitrogen and oxygen atoms in total. The molecule has 0 aliphatic heterocycles. The van der Waals surface area contributed by atoms with Gasteiger partial charge < -0.3 is 14.8 Å². The number of carbonyl (C=O) groups is 1. The zero-order valence-electron chi connectivity index (χ0n) is 12.5. The summed E-state index contributed by atoms with van der Waals surface area (Å²) in [6, 6.07) is 7.54. The summed E-state index contributed by atoms with van der Waals surface area (Å²) in [5.41, 5.74) is 1.30. The van der Waals surface area contributed by atoms with Gasteiger partial charge >= 0.3 is 5.97 Å². The van der Waals surface area contributed by atoms with Crippen LogP contribution in [-0.2, 0) is 9.47 Å². The molecule has 0 atom stereocenters. The molecule has 2 aromatic rings. The number of nitrogens with zero attached hydrogens (tertiary/aromatic N) is 1. The summed E-state index contributed by atoms with van der Waals surface area (Å²) in [5, 5.41) is 3.91. The smallest absolute Gasteiger partial charge is 0.339 e. The highest BCUT2D eigenvalue weighted by atomic mass is 79.9. The Bertz CT molecular complexity index is 634. The Kier molecular flexibility index (Phi) is 6.76. The van der Waals surface area contributed by atoms with Crippen molar-refractivity contribution in [2.24, 2.45) is 0 Å². The third-order valence-electron chi connectivity index (χ3n) is 3.04. The van der Waals surface area contributed by atoms with Crippen molar-refractivity contribution < 1.29 is 14.3 Å². The number of carbonyl (C=O) groups excluding carboxylic acids is 1. The second kappa shape index (κ2) is 8.82. The first-order valence-corrected chi connectivity index (χ1v) is 7.95. The van der Waals surface area contributed by atoms with Crippen LogP contribution in [0.15, 0.2) is 34.9 Å². The van der Waals surface area contributed by atoms with Gasteiger partial charge in [-0.1, -0.05) is 22.0 Å². The fourth-order valence-corrected chi connectivity index (χ4v) is 2.24. The largest absolute Gasteiger partial charge is 0.462 e. The first kappa shape index (κ1) is 16.9. The van der Waals surface area contributed by atoms with E-state index in [4.69, 9.17) is 9.47 Å². The molecule has 0 amide bonds. The Morgan fingerprint density at radius 1 is 1.27 bits per heavy atom. The van der Waals surface area contributed by atoms with Gasteiger partial charge in [-0.05, 0) is 25.2 Å². The number of hydrogen-bond acceptors (Lipinski definition) is 5. The summed E-state index contributed by atoms with van der Waals surface area (Å²) in [4.78, 5) is 16.2. The predicted molar refractivity (Wildman–Crippen MR) is 89.1 cm³/mol. The lowest BCUT2D eigenvalue weighted by molar-refractivity contribution is 0.0447. The van der Waals surface area contributed by atoms with Gasteiger partial charge in [0.25, 0.3) is 0 Å². The monoisotopic (exact) mass is 366 g/mol. The Hall–Kier alpha value is -1.50. The number of likely N-dealkylation sites (N-methyl/N-ethyl adjacent to an activating group) is 1. The van der Waals surface area contributed by atoms with E-state index in [0.717, 1.165) is 21.9 Å². The lowest BCUT2D eigenvalue weighted by Gasteiger charge is -2.06. The van der Waals surface area contributed by atoms with Crippen molar-refractivity contribution in [2.45, 2.75) is 6.42 Å². The quantitative estimate of drug-likeness (QED) is 0.574. The molecule has 0 saturated carbocycles. The van der Waals surface area contributed by atoms with Gasteiger partial charge in [-0.3, -0.25) is 4.98 Å². The Morgan fingerprint density at radius 2 is 2.14 bits per heavy atom. The van der Waals surface area contributed by atoms with Crippen molar-refractivity contribution in [3.8, 4) is 0 Å². The minimum Gasteiger partial charge on any atom is -0.462 e. The van der Waals surface area contributed by atoms with E-state index in [1.165, 1.54) is 0 Å². The van der Waals surface area contributed by atoms with E-state index < -0.39 is 0 Å². The zero-order chi connectivity index (χ0) is 15.8. The molecule has 6 heteroatoms. The third-order valence-corrected chi connectivity index (χ3v) is 3.54. The van der Waals surface area contributed by atoms with Gasteiger partial charge in [0, 0.05) is 35.6 Å². The summed E-state index contributed by atoms with van der Waals surface area (Å²) >= 11 is 3.40. The molecule has 1 heterocycles. The summed E-state index contributed by atoms with van der Waals surface area (Å²) in [5.74, 6) is -0.354. The number of benzene rings is 1. The van der Waals surface area contributed by atoms with Crippen molar-refractivity contribution in [1.82, 2.24) is 10.3 Å². The normalized spacial score (nSPS) is 10.8. The molecule has 0 radical (unpaired) electrons. The molecule has 118 valence electrons. The Balaban J connectivity index is 1.81. The van der Waals surface area contributed by atoms with Crippen LogP contribution in [0.2, 0.25) is 0 Å². The highest BCUT2D eigenvalue weighted by Crippen LogP contribution is 2.19. The SMILES string of the molecule is CNCCOCCCOC(=O)c1cnc2cc(Br)ccc2c1. The minimum atomic E-state index is -0.354. The molecule has 0 saturated heterocycles. The van der Waals surface area contributed by atoms with E-state index in [0.29, 0.717) is 31.8 Å². The predicted octanol–water partition coefficient (Wildman–Crippen LogP) is 2.78. The molecule has 1 N–H and O–H groups in total. The highest BCUT2D eigenvalue weighted by Gasteiger charge is 2.08. The summed E-state index contributed by atoms with van der Waals surface area (Å²) < 4.78 is 11.5. The summed E-state index contributed by atoms with van der Waals surface area (Å²) in [6.07, 6.45) is 2.23. The average Bonchev–Trinajstić information content (AvgIpc) is 2.53. The van der Waals surface area contributed by atoms with Gasteiger partial charge in [-0.2, -0.15) is 0 Å². The van der Waals surface area contributed by atoms with Gasteiger partial charge in [0.2, 0.25) is 0 Å². The molecule has 0 fully saturated rings. The van der Waals surface area contributed by atoms with Gasteiger partial charge in [-0.25, -0.2) is 4.79 Å². The number of aromatic nitrogens is 1. The van der Waals surface area contributed by atoms with E-state index in [1.807, 2.05) is 25.2 Å². The number of pyridine rings is 1. The molecular formula is C16H19BrN2O3. The Labute approximate surface area is 138 Å². The molecule has 0 aliphatic rings. The standard InChI is InChI=1S/C16H19BrN2O3/c1-18-5-8-21-6-2-7-22-16(20)13-9-12-3-4-14(17)10-15(12)19-11-13/h3-4,9-11,18H,2,5-8H2,1H3. The first-order valence-electron chi connectivity index (χ1n) is 7.15. The molecule has 1 aromatic heterocycles. The van der Waals surface area contributed by atoms with Crippen LogP contribution in [0.5, 0.6) is 0 Å². The fraction of sp³-hybridized carbons (Fsp3) is 0.375. The number of halogens is 1. The van der Waals surface area contributed by atoms with Crippen molar-refractivity contribution >= 4 is 32.8 Å². The number of nitrogens with one attached hydrogen (secondary N) is 1. The van der Waals surface area contributed by atoms with E-state index in [-0.39, 0.29) is 5.97 Å². The van der Waals surface area contributed by atoms with E-state index >= 15 is 0 Å². The van der Waals surface area contributed by atoms with Crippen LogP contribution in [-0.4, -0.2) is 44.4 Å². The number of ether oxygens (including phenoxy) is 2. The maximum Gasteiger partial charge on any atom is 0.339 e. The van der Waals surface area contributed by atoms with Crippen molar-refractivity contribution in [1.29, 1.82) is 0 Å². The molecule has 2 rings (SSSR count). The average molecular weight is 367 g/mol. The second-order valence-electron chi connectivity index (χ2n) is 4.77. The van der Waals surface area contributed by atoms with Crippen LogP contribution in [0.4, 0.5) is 0 Å². The van der Waals surface area contributed by atoms with Crippen LogP contribution < -0.4 is 5.32 Å². The first-order chi connectivity index (χ1) is 10.7. The maximum atomic E-state index is 12.0. The highest BCUT2D eigenvalue weighted by molar-refractivity contribution is 9.10. The lowest BCUT2D eigenvalue weighted by Crippen LogP contribution is -2.15. The van der Waals surface area contributed by atoms with Crippen LogP contribution in [0.3, 0.4) is 0 Å². The van der Waals surface area contributed by atoms with Crippen LogP contribution in [0.1, 0.15) is 16.8 Å². The summed E-state index contributed by atoms with van der Waals surface area (Å²) in [7, 11) is 1.88. The number of rotatable bonds is 8. The number of esters is 1. The number of fused-ring (bicyclic) bond motifs is 1. The molecule has 0 aliphatic carbocycles. The molecule has 1 aromatic carbocycles. The van der Waals surface area contributed by atoms with E-state index in [2.05, 4.69) is 26.2 Å². The number of hydrogen-bond donors (Lipinski definition) is 1. The minimum absolute atomic E-state index is 0.344. The van der Waals surface area contributed by atoms with Crippen molar-refractivity contribution in [3.63, 3.8) is 0 Å². The van der Waals surface area contributed by atoms with E-state index in [9.17, 15) is 4.79 Å². The molecule has 0 unspecified atom stereocenters. The molecule has 0 bridgehead atoms. The van der Waals surface area contributed by atoms with Crippen LogP contribution >= 0.6 is 15.9 Å². The van der Waals surface area contributed by atoms with Crippen LogP contribution in [0.25, 0.3) is 10.9 Å².